The molecule has 19 heteroatoms. The quantitative estimate of drug-likeness (QED) is 0.249. The highest BCUT2D eigenvalue weighted by molar-refractivity contribution is 5.95. The lowest BCUT2D eigenvalue weighted by Crippen LogP contribution is -2.73. The zero-order chi connectivity index (χ0) is 41.0. The second-order valence-corrected chi connectivity index (χ2v) is 16.4. The normalized spacial score (nSPS) is 24.4. The van der Waals surface area contributed by atoms with Crippen molar-refractivity contribution in [1.29, 1.82) is 0 Å². The largest absolute Gasteiger partial charge is 0.458 e. The molecule has 6 bridgehead atoms. The number of ether oxygens (including phenoxy) is 2. The monoisotopic (exact) mass is 817 g/mol. The fraction of sp³-hybridized carbons (Fsp3) is 0.439. The zero-order valence-electron chi connectivity index (χ0n) is 33.1. The fourth-order valence-electron chi connectivity index (χ4n) is 9.57. The Balaban J connectivity index is 1.03. The first kappa shape index (κ1) is 36.7. The maximum Gasteiger partial charge on any atom is 0.317 e. The van der Waals surface area contributed by atoms with Gasteiger partial charge in [-0.1, -0.05) is 0 Å². The summed E-state index contributed by atoms with van der Waals surface area (Å²) in [5.41, 5.74) is 2.91. The second-order valence-electron chi connectivity index (χ2n) is 16.4. The minimum Gasteiger partial charge on any atom is -0.458 e. The number of likely N-dealkylation sites (N-methyl/N-ethyl adjacent to an activating group) is 1. The van der Waals surface area contributed by atoms with E-state index in [1.54, 1.807) is 37.5 Å². The molecule has 60 heavy (non-hydrogen) atoms. The Bertz CT molecular complexity index is 2720. The summed E-state index contributed by atoms with van der Waals surface area (Å²) in [4.78, 5) is 65.0. The smallest absolute Gasteiger partial charge is 0.317 e. The lowest BCUT2D eigenvalue weighted by Gasteiger charge is -2.57. The highest BCUT2D eigenvalue weighted by Crippen LogP contribution is 2.42. The number of hydrogen-bond donors (Lipinski definition) is 0. The van der Waals surface area contributed by atoms with Gasteiger partial charge < -0.3 is 33.6 Å². The van der Waals surface area contributed by atoms with E-state index in [4.69, 9.17) is 34.4 Å². The number of piperidine rings is 1. The number of benzene rings is 1. The SMILES string of the molecule is CO[C@H]1CN(C)C(=O)[C@@H]2C[C@@H](CN2c2nc(N3C4CC3C(=O)N(C3CCC3)C4)nc3c2cnn3-c2ccc(F)cc2F)Oc2nccc(n2)-c2nccc3nc(C)n(c23)C1. The van der Waals surface area contributed by atoms with Crippen LogP contribution in [0.5, 0.6) is 6.01 Å². The van der Waals surface area contributed by atoms with Crippen LogP contribution in [0.1, 0.15) is 37.9 Å². The van der Waals surface area contributed by atoms with E-state index in [2.05, 4.69) is 10.1 Å². The molecular formula is C41H41F2N13O4. The summed E-state index contributed by atoms with van der Waals surface area (Å²) >= 11 is 0. The number of nitrogens with zero attached hydrogens (tertiary/aromatic N) is 13. The van der Waals surface area contributed by atoms with Crippen molar-refractivity contribution >= 4 is 45.6 Å². The zero-order valence-corrected chi connectivity index (χ0v) is 33.1. The van der Waals surface area contributed by atoms with Gasteiger partial charge in [0.05, 0.1) is 53.5 Å². The predicted octanol–water partition coefficient (Wildman–Crippen LogP) is 3.46. The first-order valence-electron chi connectivity index (χ1n) is 20.3. The molecule has 17 nitrogen and oxygen atoms in total. The van der Waals surface area contributed by atoms with Gasteiger partial charge >= 0.3 is 6.01 Å². The number of aryl methyl sites for hydroxylation is 1. The van der Waals surface area contributed by atoms with Crippen LogP contribution in [0.2, 0.25) is 0 Å². The van der Waals surface area contributed by atoms with E-state index in [1.165, 1.54) is 16.9 Å². The number of anilines is 2. The maximum absolute atomic E-state index is 15.4. The minimum absolute atomic E-state index is 0.0152. The number of methoxy groups -OCH3 is 1. The van der Waals surface area contributed by atoms with Crippen molar-refractivity contribution in [3.63, 3.8) is 0 Å². The fourth-order valence-corrected chi connectivity index (χ4v) is 9.57. The lowest BCUT2D eigenvalue weighted by molar-refractivity contribution is -0.145. The molecule has 0 spiro atoms. The second kappa shape index (κ2) is 13.9. The van der Waals surface area contributed by atoms with Crippen LogP contribution in [0, 0.1) is 18.6 Å². The average molecular weight is 818 g/mol. The van der Waals surface area contributed by atoms with Gasteiger partial charge in [-0.2, -0.15) is 20.1 Å². The van der Waals surface area contributed by atoms with Gasteiger partial charge in [-0.15, -0.1) is 0 Å². The molecule has 5 atom stereocenters. The molecule has 5 fully saturated rings. The number of hydrogen-bond acceptors (Lipinski definition) is 13. The first-order chi connectivity index (χ1) is 29.1. The van der Waals surface area contributed by atoms with Gasteiger partial charge in [0.15, 0.2) is 11.5 Å². The summed E-state index contributed by atoms with van der Waals surface area (Å²) in [5, 5.41) is 4.98. The number of aromatic nitrogens is 9. The van der Waals surface area contributed by atoms with E-state index in [0.717, 1.165) is 48.3 Å². The molecule has 10 heterocycles. The molecule has 5 aliphatic heterocycles. The van der Waals surface area contributed by atoms with E-state index < -0.39 is 35.9 Å². The minimum atomic E-state index is -0.828. The van der Waals surface area contributed by atoms with Crippen LogP contribution >= 0.6 is 0 Å². The van der Waals surface area contributed by atoms with Gasteiger partial charge in [0.1, 0.15) is 47.0 Å². The lowest BCUT2D eigenvalue weighted by atomic mass is 9.82. The molecule has 308 valence electrons. The van der Waals surface area contributed by atoms with Crippen molar-refractivity contribution in [2.75, 3.05) is 43.6 Å². The summed E-state index contributed by atoms with van der Waals surface area (Å²) < 4.78 is 45.5. The van der Waals surface area contributed by atoms with Gasteiger partial charge in [-0.25, -0.2) is 23.4 Å². The molecule has 1 aromatic carbocycles. The van der Waals surface area contributed by atoms with Crippen molar-refractivity contribution in [2.45, 2.75) is 81.9 Å². The molecule has 1 aliphatic carbocycles. The standard InChI is InChI=1S/C41H41F2N13O4/c1-21-47-30-10-11-44-34-29-9-12-45-41(48-29)60-25-15-32(38(57)51(2)18-26(59-3)20-52(21)35(30)34)54(19-25)36-27-16-46-56(31-8-7-22(42)13-28(31)43)37(27)50-40(49-36)55-24-14-33(55)39(58)53(17-24)23-5-4-6-23/h7-13,16,23-26,32-33H,4-6,14-15,17-20H2,1-3H3/t24?,25-,26-,32-,33?/m0/s1. The van der Waals surface area contributed by atoms with Crippen LogP contribution in [0.4, 0.5) is 20.5 Å². The van der Waals surface area contributed by atoms with E-state index >= 15 is 4.39 Å². The summed E-state index contributed by atoms with van der Waals surface area (Å²) in [6.07, 6.45) is 7.85. The Morgan fingerprint density at radius 2 is 1.72 bits per heavy atom. The van der Waals surface area contributed by atoms with Crippen molar-refractivity contribution in [3.8, 4) is 23.1 Å². The van der Waals surface area contributed by atoms with E-state index in [-0.39, 0.29) is 66.7 Å². The van der Waals surface area contributed by atoms with Crippen molar-refractivity contribution in [1.82, 2.24) is 54.1 Å². The average Bonchev–Trinajstić information content (AvgIpc) is 3.91. The highest BCUT2D eigenvalue weighted by atomic mass is 19.1. The third kappa shape index (κ3) is 5.76. The molecule has 0 radical (unpaired) electrons. The Morgan fingerprint density at radius 1 is 0.867 bits per heavy atom. The predicted molar refractivity (Wildman–Crippen MR) is 212 cm³/mol. The number of fused-ring (bicyclic) bond motifs is 8. The number of rotatable bonds is 5. The van der Waals surface area contributed by atoms with Gasteiger partial charge in [0.2, 0.25) is 17.8 Å². The Hall–Kier alpha value is -6.37. The number of pyridine rings is 1. The molecule has 12 rings (SSSR count). The Kier molecular flexibility index (Phi) is 8.47. The van der Waals surface area contributed by atoms with Crippen molar-refractivity contribution < 1.29 is 27.8 Å². The molecule has 2 amide bonds. The van der Waals surface area contributed by atoms with Crippen LogP contribution in [0.3, 0.4) is 0 Å². The molecular weight excluding hydrogens is 777 g/mol. The number of imidazole rings is 1. The molecule has 4 saturated heterocycles. The van der Waals surface area contributed by atoms with E-state index in [9.17, 15) is 14.0 Å². The third-order valence-corrected chi connectivity index (χ3v) is 12.9. The highest BCUT2D eigenvalue weighted by Gasteiger charge is 2.54. The number of halogens is 2. The van der Waals surface area contributed by atoms with Gasteiger partial charge in [0.25, 0.3) is 0 Å². The molecule has 0 N–H and O–H groups in total. The topological polar surface area (TPSA) is 166 Å². The number of carbonyl (C=O) groups is 2. The number of piperazine rings is 1. The van der Waals surface area contributed by atoms with E-state index in [1.807, 2.05) is 32.3 Å². The summed E-state index contributed by atoms with van der Waals surface area (Å²) in [6, 6.07) is 5.97. The van der Waals surface area contributed by atoms with Crippen LogP contribution in [-0.4, -0.2) is 136 Å². The van der Waals surface area contributed by atoms with Crippen LogP contribution in [0.15, 0.2) is 48.9 Å². The number of carbonyl (C=O) groups excluding carboxylic acids is 2. The van der Waals surface area contributed by atoms with Crippen LogP contribution in [-0.2, 0) is 20.9 Å². The number of amides is 2. The third-order valence-electron chi connectivity index (χ3n) is 12.9. The Morgan fingerprint density at radius 3 is 2.50 bits per heavy atom. The molecule has 2 unspecified atom stereocenters. The molecule has 6 aliphatic rings. The maximum atomic E-state index is 15.4. The van der Waals surface area contributed by atoms with E-state index in [0.29, 0.717) is 42.1 Å². The van der Waals surface area contributed by atoms with Gasteiger partial charge in [0, 0.05) is 58.2 Å². The Labute approximate surface area is 342 Å². The summed E-state index contributed by atoms with van der Waals surface area (Å²) in [7, 11) is 3.36. The van der Waals surface area contributed by atoms with Crippen LogP contribution in [0.25, 0.3) is 39.1 Å². The molecule has 1 saturated carbocycles. The van der Waals surface area contributed by atoms with Crippen molar-refractivity contribution in [3.05, 3.63) is 66.4 Å². The first-order valence-corrected chi connectivity index (χ1v) is 20.3. The van der Waals surface area contributed by atoms with Crippen molar-refractivity contribution in [2.24, 2.45) is 0 Å². The molecule has 5 aromatic heterocycles. The van der Waals surface area contributed by atoms with Gasteiger partial charge in [-0.05, 0) is 56.9 Å². The summed E-state index contributed by atoms with van der Waals surface area (Å²) in [5.74, 6) is -0.343. The van der Waals surface area contributed by atoms with Crippen LogP contribution < -0.4 is 14.5 Å². The summed E-state index contributed by atoms with van der Waals surface area (Å²) in [6.45, 7) is 3.29. The van der Waals surface area contributed by atoms with Gasteiger partial charge in [-0.3, -0.25) is 14.6 Å². The molecule has 6 aromatic rings.